The van der Waals surface area contributed by atoms with Gasteiger partial charge < -0.3 is 10.3 Å². The van der Waals surface area contributed by atoms with E-state index < -0.39 is 0 Å². The monoisotopic (exact) mass is 307 g/mol. The van der Waals surface area contributed by atoms with Crippen molar-refractivity contribution in [1.29, 1.82) is 0 Å². The fourth-order valence-corrected chi connectivity index (χ4v) is 2.48. The van der Waals surface area contributed by atoms with E-state index in [-0.39, 0.29) is 5.91 Å². The number of hydrogen-bond acceptors (Lipinski definition) is 2. The van der Waals surface area contributed by atoms with Gasteiger partial charge in [0.25, 0.3) is 0 Å². The van der Waals surface area contributed by atoms with Crippen molar-refractivity contribution >= 4 is 22.6 Å². The maximum atomic E-state index is 12.0. The molecule has 0 atom stereocenters. The second-order valence-corrected chi connectivity index (χ2v) is 6.16. The molecule has 0 saturated heterocycles. The number of anilines is 1. The summed E-state index contributed by atoms with van der Waals surface area (Å²) < 4.78 is 0. The number of hydrogen-bond donors (Lipinski definition) is 2. The molecule has 1 heterocycles. The van der Waals surface area contributed by atoms with Crippen LogP contribution < -0.4 is 5.32 Å². The van der Waals surface area contributed by atoms with Gasteiger partial charge in [-0.25, -0.2) is 4.98 Å². The minimum absolute atomic E-state index is 0.0560. The van der Waals surface area contributed by atoms with Crippen LogP contribution in [0.2, 0.25) is 0 Å². The molecule has 2 N–H and O–H groups in total. The lowest BCUT2D eigenvalue weighted by atomic mass is 10.1. The number of imidazole rings is 1. The smallest absolute Gasteiger partial charge is 0.224 e. The molecule has 3 aromatic rings. The molecule has 3 rings (SSSR count). The zero-order valence-corrected chi connectivity index (χ0v) is 13.5. The fraction of sp³-hybridized carbons (Fsp3) is 0.263. The van der Waals surface area contributed by atoms with Crippen molar-refractivity contribution in [3.63, 3.8) is 0 Å². The Bertz CT molecular complexity index is 787. The summed E-state index contributed by atoms with van der Waals surface area (Å²) in [6.07, 6.45) is 1.45. The van der Waals surface area contributed by atoms with Gasteiger partial charge in [-0.15, -0.1) is 0 Å². The van der Waals surface area contributed by atoms with Gasteiger partial charge in [-0.2, -0.15) is 0 Å². The number of fused-ring (bicyclic) bond motifs is 1. The molecule has 4 nitrogen and oxygen atoms in total. The molecule has 0 saturated carbocycles. The average molecular weight is 307 g/mol. The molecule has 0 aliphatic carbocycles. The fourth-order valence-electron chi connectivity index (χ4n) is 2.48. The lowest BCUT2D eigenvalue weighted by Crippen LogP contribution is -2.12. The number of aromatic amines is 1. The van der Waals surface area contributed by atoms with Crippen molar-refractivity contribution in [3.05, 3.63) is 48.5 Å². The number of rotatable bonds is 5. The lowest BCUT2D eigenvalue weighted by molar-refractivity contribution is -0.116. The molecule has 0 aliphatic heterocycles. The Hall–Kier alpha value is -2.62. The van der Waals surface area contributed by atoms with Crippen molar-refractivity contribution in [2.75, 3.05) is 5.32 Å². The van der Waals surface area contributed by atoms with Crippen LogP contribution in [0.3, 0.4) is 0 Å². The second kappa shape index (κ2) is 6.65. The van der Waals surface area contributed by atoms with E-state index in [9.17, 15) is 4.79 Å². The summed E-state index contributed by atoms with van der Waals surface area (Å²) >= 11 is 0. The van der Waals surface area contributed by atoms with Gasteiger partial charge in [0.2, 0.25) is 5.91 Å². The molecule has 1 aromatic heterocycles. The number of nitrogens with zero attached hydrogens (tertiary/aromatic N) is 1. The Kier molecular flexibility index (Phi) is 4.42. The van der Waals surface area contributed by atoms with Gasteiger partial charge in [-0.3, -0.25) is 4.79 Å². The first-order chi connectivity index (χ1) is 11.1. The first-order valence-electron chi connectivity index (χ1n) is 7.97. The third kappa shape index (κ3) is 3.77. The molecular weight excluding hydrogens is 286 g/mol. The maximum absolute atomic E-state index is 12.0. The first-order valence-corrected chi connectivity index (χ1v) is 7.97. The summed E-state index contributed by atoms with van der Waals surface area (Å²) in [7, 11) is 0. The van der Waals surface area contributed by atoms with Crippen molar-refractivity contribution in [2.45, 2.75) is 26.7 Å². The summed E-state index contributed by atoms with van der Waals surface area (Å²) in [5.41, 5.74) is 3.71. The van der Waals surface area contributed by atoms with Crippen LogP contribution in [0.1, 0.15) is 26.7 Å². The van der Waals surface area contributed by atoms with E-state index in [2.05, 4.69) is 29.1 Å². The normalized spacial score (nSPS) is 11.1. The largest absolute Gasteiger partial charge is 0.338 e. The molecule has 0 radical (unpaired) electrons. The predicted molar refractivity (Wildman–Crippen MR) is 94.2 cm³/mol. The Morgan fingerprint density at radius 2 is 2.00 bits per heavy atom. The van der Waals surface area contributed by atoms with Gasteiger partial charge in [-0.1, -0.05) is 38.1 Å². The van der Waals surface area contributed by atoms with Crippen molar-refractivity contribution in [1.82, 2.24) is 9.97 Å². The SMILES string of the molecule is CC(C)CCC(=O)Nc1cccc(-c2nc3ccccc3[nH]2)c1. The molecule has 0 spiro atoms. The molecule has 0 aliphatic rings. The number of aromatic nitrogens is 2. The van der Waals surface area contributed by atoms with Crippen LogP contribution in [0, 0.1) is 5.92 Å². The van der Waals surface area contributed by atoms with Crippen LogP contribution in [0.4, 0.5) is 5.69 Å². The minimum atomic E-state index is 0.0560. The number of para-hydroxylation sites is 2. The topological polar surface area (TPSA) is 57.8 Å². The molecule has 118 valence electrons. The standard InChI is InChI=1S/C19H21N3O/c1-13(2)10-11-18(23)20-15-7-5-6-14(12-15)19-21-16-8-3-4-9-17(16)22-19/h3-9,12-13H,10-11H2,1-2H3,(H,20,23)(H,21,22). The minimum Gasteiger partial charge on any atom is -0.338 e. The molecule has 4 heteroatoms. The number of amides is 1. The molecule has 0 unspecified atom stereocenters. The van der Waals surface area contributed by atoms with Crippen molar-refractivity contribution in [3.8, 4) is 11.4 Å². The number of benzene rings is 2. The molecule has 1 amide bonds. The van der Waals surface area contributed by atoms with Gasteiger partial charge in [-0.05, 0) is 36.6 Å². The molecule has 0 bridgehead atoms. The van der Waals surface area contributed by atoms with Crippen molar-refractivity contribution < 1.29 is 4.79 Å². The maximum Gasteiger partial charge on any atom is 0.224 e. The Morgan fingerprint density at radius 1 is 1.17 bits per heavy atom. The summed E-state index contributed by atoms with van der Waals surface area (Å²) in [4.78, 5) is 19.9. The highest BCUT2D eigenvalue weighted by atomic mass is 16.1. The van der Waals surface area contributed by atoms with E-state index in [0.29, 0.717) is 12.3 Å². The molecule has 23 heavy (non-hydrogen) atoms. The Balaban J connectivity index is 1.78. The van der Waals surface area contributed by atoms with Crippen LogP contribution >= 0.6 is 0 Å². The van der Waals surface area contributed by atoms with Crippen LogP contribution in [-0.2, 0) is 4.79 Å². The van der Waals surface area contributed by atoms with Gasteiger partial charge >= 0.3 is 0 Å². The molecular formula is C19H21N3O. The Labute approximate surface area is 136 Å². The van der Waals surface area contributed by atoms with Crippen LogP contribution in [0.25, 0.3) is 22.4 Å². The van der Waals surface area contributed by atoms with Gasteiger partial charge in [0, 0.05) is 17.7 Å². The highest BCUT2D eigenvalue weighted by Gasteiger charge is 2.08. The zero-order valence-electron chi connectivity index (χ0n) is 13.5. The number of H-pyrrole nitrogens is 1. The van der Waals surface area contributed by atoms with Crippen molar-refractivity contribution in [2.24, 2.45) is 5.92 Å². The molecule has 0 fully saturated rings. The van der Waals surface area contributed by atoms with Crippen LogP contribution in [0.5, 0.6) is 0 Å². The van der Waals surface area contributed by atoms with E-state index in [0.717, 1.165) is 34.5 Å². The quantitative estimate of drug-likeness (QED) is 0.723. The van der Waals surface area contributed by atoms with E-state index in [4.69, 9.17) is 0 Å². The highest BCUT2D eigenvalue weighted by Crippen LogP contribution is 2.23. The molecule has 2 aromatic carbocycles. The number of nitrogens with one attached hydrogen (secondary N) is 2. The van der Waals surface area contributed by atoms with Crippen LogP contribution in [-0.4, -0.2) is 15.9 Å². The zero-order chi connectivity index (χ0) is 16.2. The summed E-state index contributed by atoms with van der Waals surface area (Å²) in [5, 5.41) is 2.96. The lowest BCUT2D eigenvalue weighted by Gasteiger charge is -2.07. The predicted octanol–water partition coefficient (Wildman–Crippen LogP) is 4.60. The van der Waals surface area contributed by atoms with Gasteiger partial charge in [0.1, 0.15) is 5.82 Å². The highest BCUT2D eigenvalue weighted by molar-refractivity contribution is 5.91. The summed E-state index contributed by atoms with van der Waals surface area (Å²) in [5.74, 6) is 1.40. The van der Waals surface area contributed by atoms with E-state index in [1.54, 1.807) is 0 Å². The van der Waals surface area contributed by atoms with E-state index in [1.165, 1.54) is 0 Å². The first kappa shape index (κ1) is 15.3. The third-order valence-corrected chi connectivity index (χ3v) is 3.76. The van der Waals surface area contributed by atoms with Gasteiger partial charge in [0.05, 0.1) is 11.0 Å². The summed E-state index contributed by atoms with van der Waals surface area (Å²) in [6, 6.07) is 15.7. The van der Waals surface area contributed by atoms with Gasteiger partial charge in [0.15, 0.2) is 0 Å². The third-order valence-electron chi connectivity index (χ3n) is 3.76. The van der Waals surface area contributed by atoms with E-state index in [1.807, 2.05) is 48.5 Å². The summed E-state index contributed by atoms with van der Waals surface area (Å²) in [6.45, 7) is 4.24. The second-order valence-electron chi connectivity index (χ2n) is 6.16. The van der Waals surface area contributed by atoms with E-state index >= 15 is 0 Å². The average Bonchev–Trinajstić information content (AvgIpc) is 2.97. The van der Waals surface area contributed by atoms with Crippen LogP contribution in [0.15, 0.2) is 48.5 Å². The number of carbonyl (C=O) groups excluding carboxylic acids is 1. The number of carbonyl (C=O) groups is 1. The Morgan fingerprint density at radius 3 is 2.78 bits per heavy atom.